The Balaban J connectivity index is 1.34. The highest BCUT2D eigenvalue weighted by Crippen LogP contribution is 2.30. The highest BCUT2D eigenvalue weighted by atomic mass is 32.1. The maximum atomic E-state index is 5.89. The van der Waals surface area contributed by atoms with E-state index in [9.17, 15) is 0 Å². The predicted molar refractivity (Wildman–Crippen MR) is 125 cm³/mol. The summed E-state index contributed by atoms with van der Waals surface area (Å²) in [7, 11) is 0. The molecule has 0 aliphatic heterocycles. The number of aromatic nitrogens is 1. The van der Waals surface area contributed by atoms with Gasteiger partial charge in [-0.05, 0) is 54.8 Å². The van der Waals surface area contributed by atoms with Gasteiger partial charge in [-0.1, -0.05) is 54.6 Å². The molecule has 4 nitrogen and oxygen atoms in total. The minimum atomic E-state index is 0.564. The second-order valence-electron chi connectivity index (χ2n) is 6.94. The summed E-state index contributed by atoms with van der Waals surface area (Å²) in [5.41, 5.74) is 8.57. The van der Waals surface area contributed by atoms with E-state index in [4.69, 9.17) is 4.74 Å². The third-order valence-electron chi connectivity index (χ3n) is 4.75. The largest absolute Gasteiger partial charge is 0.489 e. The van der Waals surface area contributed by atoms with Crippen molar-refractivity contribution in [3.8, 4) is 17.0 Å². The third kappa shape index (κ3) is 4.93. The first-order chi connectivity index (χ1) is 14.7. The van der Waals surface area contributed by atoms with Crippen LogP contribution < -0.4 is 10.2 Å². The van der Waals surface area contributed by atoms with Gasteiger partial charge in [0.05, 0.1) is 11.9 Å². The number of aryl methyl sites for hydroxylation is 2. The average Bonchev–Trinajstić information content (AvgIpc) is 3.15. The topological polar surface area (TPSA) is 46.5 Å². The van der Waals surface area contributed by atoms with Gasteiger partial charge in [-0.25, -0.2) is 4.98 Å². The molecule has 0 saturated carbocycles. The first-order valence-electron chi connectivity index (χ1n) is 9.78. The van der Waals surface area contributed by atoms with Gasteiger partial charge in [0.25, 0.3) is 0 Å². The number of hydrogen-bond donors (Lipinski definition) is 1. The number of rotatable bonds is 7. The average molecular weight is 414 g/mol. The summed E-state index contributed by atoms with van der Waals surface area (Å²) in [6.45, 7) is 4.73. The van der Waals surface area contributed by atoms with Crippen molar-refractivity contribution in [2.45, 2.75) is 20.5 Å². The van der Waals surface area contributed by atoms with Crippen molar-refractivity contribution in [2.75, 3.05) is 5.43 Å². The monoisotopic (exact) mass is 413 g/mol. The van der Waals surface area contributed by atoms with Crippen LogP contribution in [0.2, 0.25) is 0 Å². The van der Waals surface area contributed by atoms with Crippen molar-refractivity contribution in [2.24, 2.45) is 5.10 Å². The van der Waals surface area contributed by atoms with Crippen molar-refractivity contribution in [3.05, 3.63) is 100 Å². The van der Waals surface area contributed by atoms with Crippen LogP contribution in [0.4, 0.5) is 5.13 Å². The lowest BCUT2D eigenvalue weighted by Crippen LogP contribution is -1.97. The number of anilines is 1. The van der Waals surface area contributed by atoms with Crippen LogP contribution in [0.5, 0.6) is 5.75 Å². The van der Waals surface area contributed by atoms with E-state index in [2.05, 4.69) is 53.6 Å². The van der Waals surface area contributed by atoms with E-state index in [1.54, 1.807) is 17.6 Å². The second-order valence-corrected chi connectivity index (χ2v) is 8.15. The van der Waals surface area contributed by atoms with E-state index in [-0.39, 0.29) is 0 Å². The maximum Gasteiger partial charge on any atom is 0.204 e. The van der Waals surface area contributed by atoms with Crippen LogP contribution in [0.25, 0.3) is 11.3 Å². The van der Waals surface area contributed by atoms with Gasteiger partial charge in [0.15, 0.2) is 0 Å². The Kier molecular flexibility index (Phi) is 6.20. The number of hydrazone groups is 1. The van der Waals surface area contributed by atoms with Crippen LogP contribution in [-0.2, 0) is 6.61 Å². The number of benzene rings is 3. The zero-order valence-electron chi connectivity index (χ0n) is 17.0. The molecule has 0 aliphatic rings. The van der Waals surface area contributed by atoms with E-state index in [1.807, 2.05) is 54.6 Å². The van der Waals surface area contributed by atoms with Gasteiger partial charge in [0.1, 0.15) is 12.4 Å². The van der Waals surface area contributed by atoms with Gasteiger partial charge in [-0.3, -0.25) is 5.43 Å². The highest BCUT2D eigenvalue weighted by molar-refractivity contribution is 7.15. The Bertz CT molecular complexity index is 1130. The summed E-state index contributed by atoms with van der Waals surface area (Å²) in [6.07, 6.45) is 1.78. The van der Waals surface area contributed by atoms with Gasteiger partial charge in [0.2, 0.25) is 5.13 Å². The van der Waals surface area contributed by atoms with Crippen LogP contribution in [-0.4, -0.2) is 11.2 Å². The molecule has 30 heavy (non-hydrogen) atoms. The SMILES string of the molecule is Cc1ccccc1COc1ccc(/C=N/Nc2nc(-c3ccccc3)c(C)s2)cc1. The summed E-state index contributed by atoms with van der Waals surface area (Å²) in [6, 6.07) is 26.3. The molecule has 150 valence electrons. The maximum absolute atomic E-state index is 5.89. The lowest BCUT2D eigenvalue weighted by Gasteiger charge is -2.08. The Labute approximate surface area is 180 Å². The van der Waals surface area contributed by atoms with E-state index >= 15 is 0 Å². The van der Waals surface area contributed by atoms with E-state index in [0.29, 0.717) is 6.61 Å². The highest BCUT2D eigenvalue weighted by Gasteiger charge is 2.08. The molecule has 0 aliphatic carbocycles. The number of nitrogens with zero attached hydrogens (tertiary/aromatic N) is 2. The van der Waals surface area contributed by atoms with Crippen molar-refractivity contribution >= 4 is 22.7 Å². The Morgan fingerprint density at radius 3 is 2.43 bits per heavy atom. The molecule has 1 aromatic heterocycles. The number of nitrogens with one attached hydrogen (secondary N) is 1. The molecule has 1 heterocycles. The fourth-order valence-corrected chi connectivity index (χ4v) is 3.84. The molecule has 0 radical (unpaired) electrons. The second kappa shape index (κ2) is 9.37. The van der Waals surface area contributed by atoms with Crippen LogP contribution in [0.3, 0.4) is 0 Å². The van der Waals surface area contributed by atoms with Gasteiger partial charge >= 0.3 is 0 Å². The Morgan fingerprint density at radius 1 is 0.933 bits per heavy atom. The molecule has 3 aromatic carbocycles. The van der Waals surface area contributed by atoms with Gasteiger partial charge in [-0.15, -0.1) is 11.3 Å². The molecule has 4 rings (SSSR count). The first-order valence-corrected chi connectivity index (χ1v) is 10.6. The zero-order valence-corrected chi connectivity index (χ0v) is 17.8. The first kappa shape index (κ1) is 19.9. The molecule has 4 aromatic rings. The van der Waals surface area contributed by atoms with Crippen molar-refractivity contribution in [3.63, 3.8) is 0 Å². The summed E-state index contributed by atoms with van der Waals surface area (Å²) in [5.74, 6) is 0.839. The van der Waals surface area contributed by atoms with E-state index < -0.39 is 0 Å². The lowest BCUT2D eigenvalue weighted by molar-refractivity contribution is 0.305. The lowest BCUT2D eigenvalue weighted by atomic mass is 10.1. The standard InChI is InChI=1S/C25H23N3OS/c1-18-8-6-7-11-22(18)17-29-23-14-12-20(13-15-23)16-26-28-25-27-24(19(2)30-25)21-9-4-3-5-10-21/h3-16H,17H2,1-2H3,(H,27,28)/b26-16+. The zero-order chi connectivity index (χ0) is 20.8. The summed E-state index contributed by atoms with van der Waals surface area (Å²) < 4.78 is 5.89. The van der Waals surface area contributed by atoms with Gasteiger partial charge in [0, 0.05) is 10.4 Å². The van der Waals surface area contributed by atoms with Crippen LogP contribution in [0.1, 0.15) is 21.6 Å². The number of ether oxygens (including phenoxy) is 1. The molecule has 0 fully saturated rings. The minimum Gasteiger partial charge on any atom is -0.489 e. The summed E-state index contributed by atoms with van der Waals surface area (Å²) >= 11 is 1.60. The van der Waals surface area contributed by atoms with Crippen LogP contribution >= 0.6 is 11.3 Å². The smallest absolute Gasteiger partial charge is 0.204 e. The molecular weight excluding hydrogens is 390 g/mol. The minimum absolute atomic E-state index is 0.564. The van der Waals surface area contributed by atoms with Crippen molar-refractivity contribution < 1.29 is 4.74 Å². The van der Waals surface area contributed by atoms with E-state index in [1.165, 1.54) is 11.1 Å². The quantitative estimate of drug-likeness (QED) is 0.280. The predicted octanol–water partition coefficient (Wildman–Crippen LogP) is 6.45. The molecule has 0 amide bonds. The van der Waals surface area contributed by atoms with Gasteiger partial charge in [-0.2, -0.15) is 5.10 Å². The van der Waals surface area contributed by atoms with Gasteiger partial charge < -0.3 is 4.74 Å². The summed E-state index contributed by atoms with van der Waals surface area (Å²) in [5, 5.41) is 5.11. The Hall–Kier alpha value is -3.44. The summed E-state index contributed by atoms with van der Waals surface area (Å²) in [4.78, 5) is 5.82. The van der Waals surface area contributed by atoms with Crippen LogP contribution in [0.15, 0.2) is 84.0 Å². The molecule has 0 unspecified atom stereocenters. The molecule has 0 saturated heterocycles. The molecule has 0 atom stereocenters. The normalized spacial score (nSPS) is 11.0. The third-order valence-corrected chi connectivity index (χ3v) is 5.63. The fourth-order valence-electron chi connectivity index (χ4n) is 3.05. The molecule has 0 spiro atoms. The van der Waals surface area contributed by atoms with Crippen molar-refractivity contribution in [1.82, 2.24) is 4.98 Å². The van der Waals surface area contributed by atoms with E-state index in [0.717, 1.165) is 32.6 Å². The number of thiazole rings is 1. The number of hydrogen-bond acceptors (Lipinski definition) is 5. The molecular formula is C25H23N3OS. The van der Waals surface area contributed by atoms with Crippen molar-refractivity contribution in [1.29, 1.82) is 0 Å². The Morgan fingerprint density at radius 2 is 1.67 bits per heavy atom. The molecule has 5 heteroatoms. The van der Waals surface area contributed by atoms with Crippen LogP contribution in [0, 0.1) is 13.8 Å². The molecule has 0 bridgehead atoms. The fraction of sp³-hybridized carbons (Fsp3) is 0.120. The molecule has 1 N–H and O–H groups in total.